The summed E-state index contributed by atoms with van der Waals surface area (Å²) in [5.41, 5.74) is 2.02. The van der Waals surface area contributed by atoms with E-state index in [9.17, 15) is 13.2 Å². The maximum Gasteiger partial charge on any atom is 0.224 e. The summed E-state index contributed by atoms with van der Waals surface area (Å²) in [6.45, 7) is 0.483. The molecule has 2 aromatic rings. The molecule has 0 unspecified atom stereocenters. The first-order valence-electron chi connectivity index (χ1n) is 7.51. The van der Waals surface area contributed by atoms with Crippen molar-refractivity contribution in [2.45, 2.75) is 12.8 Å². The van der Waals surface area contributed by atoms with Crippen molar-refractivity contribution in [3.05, 3.63) is 40.7 Å². The van der Waals surface area contributed by atoms with Crippen molar-refractivity contribution in [2.75, 3.05) is 18.1 Å². The predicted octanol–water partition coefficient (Wildman–Crippen LogP) is 1.90. The topological polar surface area (TPSA) is 76.1 Å². The Morgan fingerprint density at radius 3 is 2.78 bits per heavy atom. The minimum absolute atomic E-state index is 0.0196. The second-order valence-corrected chi connectivity index (χ2v) is 8.80. The number of benzene rings is 1. The molecule has 0 saturated carbocycles. The van der Waals surface area contributed by atoms with Gasteiger partial charge >= 0.3 is 0 Å². The number of nitrogens with zero attached hydrogens (tertiary/aromatic N) is 1. The van der Waals surface area contributed by atoms with Crippen LogP contribution in [0.15, 0.2) is 35.7 Å². The van der Waals surface area contributed by atoms with E-state index in [2.05, 4.69) is 10.3 Å². The van der Waals surface area contributed by atoms with Gasteiger partial charge in [-0.1, -0.05) is 30.3 Å². The maximum absolute atomic E-state index is 12.0. The monoisotopic (exact) mass is 350 g/mol. The first-order valence-corrected chi connectivity index (χ1v) is 10.2. The van der Waals surface area contributed by atoms with Gasteiger partial charge in [0.25, 0.3) is 0 Å². The highest BCUT2D eigenvalue weighted by atomic mass is 32.2. The van der Waals surface area contributed by atoms with Crippen molar-refractivity contribution >= 4 is 27.1 Å². The van der Waals surface area contributed by atoms with E-state index in [0.717, 1.165) is 16.3 Å². The number of amides is 1. The zero-order valence-electron chi connectivity index (χ0n) is 12.6. The SMILES string of the molecule is O=C(NCCc1nc(-c2ccccc2)cs1)[C@@H]1CCS(=O)(=O)C1. The van der Waals surface area contributed by atoms with Crippen LogP contribution in [0.3, 0.4) is 0 Å². The van der Waals surface area contributed by atoms with E-state index < -0.39 is 15.8 Å². The maximum atomic E-state index is 12.0. The lowest BCUT2D eigenvalue weighted by Gasteiger charge is -2.08. The quantitative estimate of drug-likeness (QED) is 0.894. The minimum atomic E-state index is -3.02. The van der Waals surface area contributed by atoms with Crippen molar-refractivity contribution in [3.8, 4) is 11.3 Å². The molecule has 1 aromatic heterocycles. The van der Waals surface area contributed by atoms with Crippen LogP contribution in [0.2, 0.25) is 0 Å². The molecule has 0 spiro atoms. The van der Waals surface area contributed by atoms with Crippen LogP contribution in [-0.4, -0.2) is 37.4 Å². The molecule has 122 valence electrons. The van der Waals surface area contributed by atoms with E-state index in [-0.39, 0.29) is 17.4 Å². The molecular formula is C16H18N2O3S2. The van der Waals surface area contributed by atoms with Crippen LogP contribution >= 0.6 is 11.3 Å². The Kier molecular flexibility index (Phi) is 4.77. The average Bonchev–Trinajstić information content (AvgIpc) is 3.14. The molecule has 1 aliphatic rings. The van der Waals surface area contributed by atoms with Gasteiger partial charge in [0.05, 0.1) is 28.1 Å². The van der Waals surface area contributed by atoms with Crippen molar-refractivity contribution in [1.82, 2.24) is 10.3 Å². The van der Waals surface area contributed by atoms with E-state index >= 15 is 0 Å². The second kappa shape index (κ2) is 6.80. The number of nitrogens with one attached hydrogen (secondary N) is 1. The van der Waals surface area contributed by atoms with Crippen molar-refractivity contribution in [2.24, 2.45) is 5.92 Å². The molecule has 1 N–H and O–H groups in total. The lowest BCUT2D eigenvalue weighted by atomic mass is 10.1. The standard InChI is InChI=1S/C16H18N2O3S2/c19-16(13-7-9-23(20,21)11-13)17-8-6-15-18-14(10-22-15)12-4-2-1-3-5-12/h1-5,10,13H,6-9,11H2,(H,17,19)/t13-/m1/s1. The number of rotatable bonds is 5. The summed E-state index contributed by atoms with van der Waals surface area (Å²) < 4.78 is 22.8. The molecule has 1 fully saturated rings. The number of hydrogen-bond acceptors (Lipinski definition) is 5. The molecule has 1 amide bonds. The molecule has 5 nitrogen and oxygen atoms in total. The minimum Gasteiger partial charge on any atom is -0.355 e. The normalized spacial score (nSPS) is 19.6. The predicted molar refractivity (Wildman–Crippen MR) is 91.0 cm³/mol. The van der Waals surface area contributed by atoms with Crippen LogP contribution in [0, 0.1) is 5.92 Å². The number of hydrogen-bond donors (Lipinski definition) is 1. The van der Waals surface area contributed by atoms with Gasteiger partial charge in [-0.15, -0.1) is 11.3 Å². The lowest BCUT2D eigenvalue weighted by Crippen LogP contribution is -2.32. The molecule has 2 heterocycles. The highest BCUT2D eigenvalue weighted by Gasteiger charge is 2.32. The highest BCUT2D eigenvalue weighted by Crippen LogP contribution is 2.22. The Morgan fingerprint density at radius 2 is 2.09 bits per heavy atom. The van der Waals surface area contributed by atoms with Gasteiger partial charge in [-0.2, -0.15) is 0 Å². The molecule has 7 heteroatoms. The largest absolute Gasteiger partial charge is 0.355 e. The average molecular weight is 350 g/mol. The Hall–Kier alpha value is -1.73. The van der Waals surface area contributed by atoms with Gasteiger partial charge in [0, 0.05) is 23.9 Å². The first kappa shape index (κ1) is 16.1. The highest BCUT2D eigenvalue weighted by molar-refractivity contribution is 7.91. The molecular weight excluding hydrogens is 332 g/mol. The fraction of sp³-hybridized carbons (Fsp3) is 0.375. The van der Waals surface area contributed by atoms with Crippen LogP contribution in [0.1, 0.15) is 11.4 Å². The number of thiazole rings is 1. The third-order valence-corrected chi connectivity index (χ3v) is 6.54. The van der Waals surface area contributed by atoms with Crippen molar-refractivity contribution < 1.29 is 13.2 Å². The van der Waals surface area contributed by atoms with E-state index in [1.54, 1.807) is 11.3 Å². The summed E-state index contributed by atoms with van der Waals surface area (Å²) in [6.07, 6.45) is 1.09. The Labute approximate surface area is 139 Å². The van der Waals surface area contributed by atoms with Gasteiger partial charge in [0.15, 0.2) is 9.84 Å². The lowest BCUT2D eigenvalue weighted by molar-refractivity contribution is -0.124. The molecule has 0 bridgehead atoms. The molecule has 23 heavy (non-hydrogen) atoms. The Balaban J connectivity index is 1.50. The van der Waals surface area contributed by atoms with E-state index in [4.69, 9.17) is 0 Å². The zero-order valence-corrected chi connectivity index (χ0v) is 14.2. The van der Waals surface area contributed by atoms with E-state index in [1.807, 2.05) is 35.7 Å². The van der Waals surface area contributed by atoms with Gasteiger partial charge in [0.1, 0.15) is 0 Å². The molecule has 0 aliphatic carbocycles. The van der Waals surface area contributed by atoms with Crippen LogP contribution < -0.4 is 5.32 Å². The number of sulfone groups is 1. The third kappa shape index (κ3) is 4.17. The Morgan fingerprint density at radius 1 is 1.30 bits per heavy atom. The second-order valence-electron chi connectivity index (χ2n) is 5.63. The molecule has 1 saturated heterocycles. The van der Waals surface area contributed by atoms with Gasteiger partial charge in [-0.3, -0.25) is 4.79 Å². The summed E-state index contributed by atoms with van der Waals surface area (Å²) in [5, 5.41) is 5.79. The van der Waals surface area contributed by atoms with Crippen molar-refractivity contribution in [3.63, 3.8) is 0 Å². The van der Waals surface area contributed by atoms with Gasteiger partial charge in [-0.25, -0.2) is 13.4 Å². The fourth-order valence-corrected chi connectivity index (χ4v) is 5.15. The molecule has 3 rings (SSSR count). The molecule has 0 radical (unpaired) electrons. The number of carbonyl (C=O) groups excluding carboxylic acids is 1. The summed E-state index contributed by atoms with van der Waals surface area (Å²) in [4.78, 5) is 16.5. The summed E-state index contributed by atoms with van der Waals surface area (Å²) in [6, 6.07) is 9.95. The molecule has 1 aromatic carbocycles. The smallest absolute Gasteiger partial charge is 0.224 e. The van der Waals surface area contributed by atoms with Gasteiger partial charge in [0.2, 0.25) is 5.91 Å². The summed E-state index contributed by atoms with van der Waals surface area (Å²) in [5.74, 6) is -0.450. The number of aromatic nitrogens is 1. The summed E-state index contributed by atoms with van der Waals surface area (Å²) >= 11 is 1.57. The van der Waals surface area contributed by atoms with E-state index in [0.29, 0.717) is 19.4 Å². The molecule has 1 atom stereocenters. The van der Waals surface area contributed by atoms with Crippen LogP contribution in [0.25, 0.3) is 11.3 Å². The third-order valence-electron chi connectivity index (χ3n) is 3.86. The Bertz CT molecular complexity index is 785. The summed E-state index contributed by atoms with van der Waals surface area (Å²) in [7, 11) is -3.02. The van der Waals surface area contributed by atoms with Gasteiger partial charge in [-0.05, 0) is 6.42 Å². The zero-order chi connectivity index (χ0) is 16.3. The van der Waals surface area contributed by atoms with E-state index in [1.165, 1.54) is 0 Å². The molecule has 1 aliphatic heterocycles. The fourth-order valence-electron chi connectivity index (χ4n) is 2.61. The van der Waals surface area contributed by atoms with Gasteiger partial charge < -0.3 is 5.32 Å². The number of carbonyl (C=O) groups is 1. The van der Waals surface area contributed by atoms with Crippen LogP contribution in [0.5, 0.6) is 0 Å². The van der Waals surface area contributed by atoms with Crippen LogP contribution in [0.4, 0.5) is 0 Å². The van der Waals surface area contributed by atoms with Crippen LogP contribution in [-0.2, 0) is 21.1 Å². The first-order chi connectivity index (χ1) is 11.0. The van der Waals surface area contributed by atoms with Crippen molar-refractivity contribution in [1.29, 1.82) is 0 Å².